The number of aromatic nitrogens is 2. The van der Waals surface area contributed by atoms with E-state index >= 15 is 0 Å². The summed E-state index contributed by atoms with van der Waals surface area (Å²) in [6, 6.07) is 8.65. The highest BCUT2D eigenvalue weighted by Crippen LogP contribution is 2.14. The van der Waals surface area contributed by atoms with E-state index in [0.29, 0.717) is 5.92 Å². The summed E-state index contributed by atoms with van der Waals surface area (Å²) in [5.41, 5.74) is 2.61. The van der Waals surface area contributed by atoms with Crippen LogP contribution in [0.5, 0.6) is 0 Å². The molecule has 3 heteroatoms. The van der Waals surface area contributed by atoms with Gasteiger partial charge in [-0.05, 0) is 23.3 Å². The fourth-order valence-corrected chi connectivity index (χ4v) is 3.16. The Morgan fingerprint density at radius 2 is 1.95 bits per heavy atom. The van der Waals surface area contributed by atoms with Gasteiger partial charge < -0.3 is 9.13 Å². The second-order valence-corrected chi connectivity index (χ2v) is 7.70. The molecule has 0 N–H and O–H groups in total. The number of rotatable bonds is 7. The van der Waals surface area contributed by atoms with Gasteiger partial charge in [-0.3, -0.25) is 0 Å². The van der Waals surface area contributed by atoms with Crippen molar-refractivity contribution in [3.63, 3.8) is 0 Å². The van der Waals surface area contributed by atoms with Crippen molar-refractivity contribution in [3.05, 3.63) is 30.6 Å². The van der Waals surface area contributed by atoms with Crippen LogP contribution in [0.1, 0.15) is 34.1 Å². The van der Waals surface area contributed by atoms with E-state index in [2.05, 4.69) is 67.4 Å². The van der Waals surface area contributed by atoms with Gasteiger partial charge in [0.15, 0.2) is 0 Å². The van der Waals surface area contributed by atoms with Gasteiger partial charge in [0.25, 0.3) is 0 Å². The summed E-state index contributed by atoms with van der Waals surface area (Å²) in [5, 5.41) is 0.728. The van der Waals surface area contributed by atoms with Crippen LogP contribution in [0.3, 0.4) is 0 Å². The number of hydrogen-bond donors (Lipinski definition) is 0. The molecular weight excluding hydrogens is 264 g/mol. The molecule has 2 nitrogen and oxygen atoms in total. The first-order valence-electron chi connectivity index (χ1n) is 7.60. The zero-order valence-electron chi connectivity index (χ0n) is 13.1. The molecule has 0 bridgehead atoms. The van der Waals surface area contributed by atoms with Crippen molar-refractivity contribution in [2.75, 3.05) is 5.75 Å². The summed E-state index contributed by atoms with van der Waals surface area (Å²) in [6.07, 6.45) is 4.74. The van der Waals surface area contributed by atoms with E-state index < -0.39 is 0 Å². The number of benzene rings is 1. The fraction of sp³-hybridized carbons (Fsp3) is 0.588. The zero-order chi connectivity index (χ0) is 14.5. The molecule has 0 radical (unpaired) electrons. The highest BCUT2D eigenvalue weighted by Gasteiger charge is 2.07. The first kappa shape index (κ1) is 15.4. The number of aryl methyl sites for hydroxylation is 1. The number of fused-ring (bicyclic) bond motifs is 1. The number of imidazole rings is 1. The summed E-state index contributed by atoms with van der Waals surface area (Å²) >= 11 is 2.04. The second kappa shape index (κ2) is 7.16. The van der Waals surface area contributed by atoms with Gasteiger partial charge in [-0.1, -0.05) is 52.0 Å². The van der Waals surface area contributed by atoms with E-state index in [9.17, 15) is 0 Å². The Morgan fingerprint density at radius 1 is 1.20 bits per heavy atom. The number of para-hydroxylation sites is 2. The molecule has 0 fully saturated rings. The molecule has 0 aliphatic carbocycles. The highest BCUT2D eigenvalue weighted by atomic mass is 32.2. The molecule has 2 rings (SSSR count). The molecule has 0 spiro atoms. The van der Waals surface area contributed by atoms with Crippen molar-refractivity contribution in [2.24, 2.45) is 5.92 Å². The molecule has 20 heavy (non-hydrogen) atoms. The van der Waals surface area contributed by atoms with Crippen LogP contribution in [-0.4, -0.2) is 15.6 Å². The average Bonchev–Trinajstić information content (AvgIpc) is 2.73. The average molecular weight is 290 g/mol. The molecule has 1 aromatic carbocycles. The van der Waals surface area contributed by atoms with Crippen molar-refractivity contribution >= 4 is 22.8 Å². The Kier molecular flexibility index (Phi) is 5.53. The van der Waals surface area contributed by atoms with Gasteiger partial charge in [-0.2, -0.15) is 11.8 Å². The van der Waals surface area contributed by atoms with Gasteiger partial charge in [0.2, 0.25) is 6.33 Å². The summed E-state index contributed by atoms with van der Waals surface area (Å²) in [7, 11) is 0. The minimum absolute atomic E-state index is 0.645. The van der Waals surface area contributed by atoms with Crippen LogP contribution < -0.4 is 4.57 Å². The summed E-state index contributed by atoms with van der Waals surface area (Å²) in [6.45, 7) is 11.1. The lowest BCUT2D eigenvalue weighted by molar-refractivity contribution is -0.682. The van der Waals surface area contributed by atoms with Gasteiger partial charge in [0.05, 0.1) is 13.1 Å². The zero-order valence-corrected chi connectivity index (χ0v) is 13.9. The molecule has 1 heterocycles. The minimum atomic E-state index is 0.645. The third-order valence-electron chi connectivity index (χ3n) is 3.23. The topological polar surface area (TPSA) is 8.81 Å². The number of thioether (sulfide) groups is 1. The summed E-state index contributed by atoms with van der Waals surface area (Å²) in [4.78, 5) is 0. The molecule has 0 unspecified atom stereocenters. The van der Waals surface area contributed by atoms with Crippen LogP contribution in [0.25, 0.3) is 11.0 Å². The van der Waals surface area contributed by atoms with Gasteiger partial charge >= 0.3 is 0 Å². The van der Waals surface area contributed by atoms with Crippen LogP contribution in [0.15, 0.2) is 24.3 Å². The minimum Gasteiger partial charge on any atom is -0.344 e. The van der Waals surface area contributed by atoms with Gasteiger partial charge in [0, 0.05) is 11.0 Å². The predicted molar refractivity (Wildman–Crippen MR) is 88.0 cm³/mol. The standard InChI is InChI=1S/C17H26N2S/c1-14(2)12-19-13-18(10-7-11-20-15(3)4)16-8-5-6-9-17(16)19/h5-6,8-9,14-15H,7,10-12H2,1-4H3. The van der Waals surface area contributed by atoms with Crippen molar-refractivity contribution in [1.82, 2.24) is 4.57 Å². The number of hydrogen-bond acceptors (Lipinski definition) is 1. The molecule has 2 aromatic rings. The first-order valence-corrected chi connectivity index (χ1v) is 8.65. The maximum atomic E-state index is 3.53. The Morgan fingerprint density at radius 3 is 2.65 bits per heavy atom. The van der Waals surface area contributed by atoms with Crippen molar-refractivity contribution in [1.29, 1.82) is 0 Å². The molecule has 0 aliphatic heterocycles. The van der Waals surface area contributed by atoms with E-state index in [-0.39, 0.29) is 0 Å². The second-order valence-electron chi connectivity index (χ2n) is 6.02. The third kappa shape index (κ3) is 4.02. The summed E-state index contributed by atoms with van der Waals surface area (Å²) in [5.74, 6) is 1.87. The Balaban J connectivity index is 2.12. The lowest BCUT2D eigenvalue weighted by Gasteiger charge is -2.05. The maximum Gasteiger partial charge on any atom is 0.204 e. The van der Waals surface area contributed by atoms with Crippen LogP contribution in [0, 0.1) is 12.2 Å². The lowest BCUT2D eigenvalue weighted by Crippen LogP contribution is -2.35. The van der Waals surface area contributed by atoms with Crippen molar-refractivity contribution in [2.45, 2.75) is 52.5 Å². The lowest BCUT2D eigenvalue weighted by atomic mass is 10.2. The molecule has 0 atom stereocenters. The quantitative estimate of drug-likeness (QED) is 0.426. The largest absolute Gasteiger partial charge is 0.344 e. The third-order valence-corrected chi connectivity index (χ3v) is 4.42. The normalized spacial score (nSPS) is 11.9. The van der Waals surface area contributed by atoms with Gasteiger partial charge in [-0.15, -0.1) is 0 Å². The van der Waals surface area contributed by atoms with E-state index in [1.165, 1.54) is 23.2 Å². The van der Waals surface area contributed by atoms with E-state index in [4.69, 9.17) is 0 Å². The first-order chi connectivity index (χ1) is 9.58. The summed E-state index contributed by atoms with van der Waals surface area (Å²) < 4.78 is 4.56. The van der Waals surface area contributed by atoms with Crippen molar-refractivity contribution < 1.29 is 4.57 Å². The van der Waals surface area contributed by atoms with Crippen molar-refractivity contribution in [3.8, 4) is 0 Å². The SMILES string of the molecule is CC(C)C[n+]1[c-]n(CCCSC(C)C)c2ccccc21. The van der Waals surface area contributed by atoms with Gasteiger partial charge in [-0.25, -0.2) is 0 Å². The monoisotopic (exact) mass is 290 g/mol. The fourth-order valence-electron chi connectivity index (χ4n) is 2.39. The molecule has 110 valence electrons. The number of nitrogens with zero attached hydrogens (tertiary/aromatic N) is 2. The van der Waals surface area contributed by atoms with Gasteiger partial charge in [0.1, 0.15) is 0 Å². The van der Waals surface area contributed by atoms with Crippen LogP contribution in [-0.2, 0) is 13.1 Å². The Bertz CT molecular complexity index is 543. The van der Waals surface area contributed by atoms with E-state index in [1.807, 2.05) is 11.8 Å². The van der Waals surface area contributed by atoms with E-state index in [1.54, 1.807) is 0 Å². The predicted octanol–water partition coefficient (Wildman–Crippen LogP) is 3.92. The van der Waals surface area contributed by atoms with Crippen LogP contribution >= 0.6 is 11.8 Å². The molecule has 0 aliphatic rings. The van der Waals surface area contributed by atoms with Crippen LogP contribution in [0.2, 0.25) is 0 Å². The van der Waals surface area contributed by atoms with Crippen LogP contribution in [0.4, 0.5) is 0 Å². The molecular formula is C17H26N2S. The Labute approximate surface area is 127 Å². The molecule has 0 saturated heterocycles. The molecule has 0 saturated carbocycles. The Hall–Kier alpha value is -0.960. The van der Waals surface area contributed by atoms with E-state index in [0.717, 1.165) is 18.3 Å². The maximum absolute atomic E-state index is 3.53. The molecule has 1 aromatic heterocycles. The molecule has 0 amide bonds. The smallest absolute Gasteiger partial charge is 0.204 e. The highest BCUT2D eigenvalue weighted by molar-refractivity contribution is 7.99.